The smallest absolute Gasteiger partial charge is 0.205 e. The molecule has 0 aromatic heterocycles. The van der Waals surface area contributed by atoms with Gasteiger partial charge in [0.1, 0.15) is 35.2 Å². The van der Waals surface area contributed by atoms with E-state index in [1.807, 2.05) is 0 Å². The number of carbonyl (C=O) groups excluding carboxylic acids is 1. The molecule has 1 aliphatic rings. The quantitative estimate of drug-likeness (QED) is 0.667. The highest BCUT2D eigenvalue weighted by atomic mass is 16.5. The van der Waals surface area contributed by atoms with Crippen LogP contribution < -0.4 is 4.74 Å². The van der Waals surface area contributed by atoms with Crippen LogP contribution in [0, 0.1) is 0 Å². The zero-order chi connectivity index (χ0) is 15.9. The predicted molar refractivity (Wildman–Crippen MR) is 76.4 cm³/mol. The number of carbonyl (C=O) groups is 1. The molecule has 6 nitrogen and oxygen atoms in total. The lowest BCUT2D eigenvalue weighted by atomic mass is 9.85. The average molecular weight is 302 g/mol. The van der Waals surface area contributed by atoms with E-state index in [1.54, 1.807) is 12.1 Å². The van der Waals surface area contributed by atoms with Crippen LogP contribution >= 0.6 is 0 Å². The number of rotatable bonds is 2. The summed E-state index contributed by atoms with van der Waals surface area (Å²) in [5, 5.41) is 39.1. The van der Waals surface area contributed by atoms with Crippen LogP contribution in [0.1, 0.15) is 15.9 Å². The topological polar surface area (TPSA) is 107 Å². The van der Waals surface area contributed by atoms with Crippen molar-refractivity contribution < 1.29 is 30.0 Å². The molecular weight excluding hydrogens is 288 g/mol. The predicted octanol–water partition coefficient (Wildman–Crippen LogP) is 1.35. The number of aliphatic hydroxyl groups is 1. The molecular formula is C16H14O6. The summed E-state index contributed by atoms with van der Waals surface area (Å²) in [6, 6.07) is 8.33. The van der Waals surface area contributed by atoms with Crippen molar-refractivity contribution >= 4 is 5.78 Å². The van der Waals surface area contributed by atoms with E-state index in [0.717, 1.165) is 6.07 Å². The van der Waals surface area contributed by atoms with E-state index in [0.29, 0.717) is 5.56 Å². The van der Waals surface area contributed by atoms with Gasteiger partial charge in [0.15, 0.2) is 5.60 Å². The molecule has 2 aromatic carbocycles. The second-order valence-electron chi connectivity index (χ2n) is 5.33. The number of ether oxygens (including phenoxy) is 1. The molecule has 4 N–H and O–H groups in total. The summed E-state index contributed by atoms with van der Waals surface area (Å²) in [4.78, 5) is 12.5. The molecule has 0 fully saturated rings. The molecule has 3 rings (SSSR count). The fourth-order valence-corrected chi connectivity index (χ4v) is 2.51. The van der Waals surface area contributed by atoms with Crippen LogP contribution in [0.25, 0.3) is 0 Å². The first kappa shape index (κ1) is 14.2. The third-order valence-electron chi connectivity index (χ3n) is 3.62. The number of hydrogen-bond donors (Lipinski definition) is 4. The lowest BCUT2D eigenvalue weighted by molar-refractivity contribution is -0.00240. The molecule has 1 atom stereocenters. The molecule has 0 radical (unpaired) electrons. The van der Waals surface area contributed by atoms with Crippen LogP contribution in [0.5, 0.6) is 23.0 Å². The summed E-state index contributed by atoms with van der Waals surface area (Å²) < 4.78 is 5.33. The van der Waals surface area contributed by atoms with E-state index >= 15 is 0 Å². The van der Waals surface area contributed by atoms with Crippen molar-refractivity contribution in [1.29, 1.82) is 0 Å². The highest BCUT2D eigenvalue weighted by Gasteiger charge is 2.44. The fraction of sp³-hybridized carbons (Fsp3) is 0.188. The van der Waals surface area contributed by atoms with Gasteiger partial charge in [-0.25, -0.2) is 0 Å². The number of aromatic hydroxyl groups is 3. The minimum Gasteiger partial charge on any atom is -0.508 e. The molecule has 0 saturated carbocycles. The van der Waals surface area contributed by atoms with Crippen molar-refractivity contribution in [3.63, 3.8) is 0 Å². The molecule has 0 amide bonds. The Bertz CT molecular complexity index is 737. The van der Waals surface area contributed by atoms with E-state index in [1.165, 1.54) is 18.2 Å². The Labute approximate surface area is 125 Å². The summed E-state index contributed by atoms with van der Waals surface area (Å²) in [6.07, 6.45) is -0.0220. The normalized spacial score (nSPS) is 20.3. The second kappa shape index (κ2) is 4.92. The van der Waals surface area contributed by atoms with Gasteiger partial charge in [0.05, 0.1) is 0 Å². The monoisotopic (exact) mass is 302 g/mol. The maximum absolute atomic E-state index is 12.5. The van der Waals surface area contributed by atoms with Crippen molar-refractivity contribution in [2.24, 2.45) is 0 Å². The van der Waals surface area contributed by atoms with Crippen molar-refractivity contribution in [2.45, 2.75) is 12.0 Å². The minimum atomic E-state index is -1.82. The molecule has 0 unspecified atom stereocenters. The van der Waals surface area contributed by atoms with Crippen LogP contribution in [0.2, 0.25) is 0 Å². The number of Topliss-reactive ketones (excluding diaryl/α,β-unsaturated/α-hetero) is 1. The van der Waals surface area contributed by atoms with Gasteiger partial charge in [0.25, 0.3) is 0 Å². The first-order valence-electron chi connectivity index (χ1n) is 6.63. The lowest BCUT2D eigenvalue weighted by Crippen LogP contribution is -2.49. The second-order valence-corrected chi connectivity index (χ2v) is 5.33. The molecule has 0 aliphatic carbocycles. The summed E-state index contributed by atoms with van der Waals surface area (Å²) in [6.45, 7) is -0.289. The standard InChI is InChI=1S/C16H14O6/c17-10-3-1-9(2-4-10)7-16(21)8-22-13-6-11(18)5-12(19)14(13)15(16)20/h1-6,17-19,21H,7-8H2/t16-/m1/s1. The summed E-state index contributed by atoms with van der Waals surface area (Å²) in [7, 11) is 0. The van der Waals surface area contributed by atoms with Gasteiger partial charge in [-0.05, 0) is 17.7 Å². The Kier molecular flexibility index (Phi) is 3.18. The summed E-state index contributed by atoms with van der Waals surface area (Å²) >= 11 is 0. The Morgan fingerprint density at radius 2 is 1.73 bits per heavy atom. The number of benzene rings is 2. The van der Waals surface area contributed by atoms with Gasteiger partial charge in [-0.3, -0.25) is 4.79 Å². The maximum atomic E-state index is 12.5. The Morgan fingerprint density at radius 3 is 2.41 bits per heavy atom. The average Bonchev–Trinajstić information content (AvgIpc) is 2.45. The van der Waals surface area contributed by atoms with Gasteiger partial charge in [-0.1, -0.05) is 12.1 Å². The van der Waals surface area contributed by atoms with Gasteiger partial charge >= 0.3 is 0 Å². The van der Waals surface area contributed by atoms with Crippen molar-refractivity contribution in [3.05, 3.63) is 47.5 Å². The van der Waals surface area contributed by atoms with Gasteiger partial charge < -0.3 is 25.2 Å². The van der Waals surface area contributed by atoms with Gasteiger partial charge in [0, 0.05) is 18.6 Å². The first-order valence-corrected chi connectivity index (χ1v) is 6.63. The van der Waals surface area contributed by atoms with Crippen LogP contribution in [-0.4, -0.2) is 38.4 Å². The zero-order valence-electron chi connectivity index (χ0n) is 11.5. The molecule has 0 bridgehead atoms. The molecule has 0 spiro atoms. The summed E-state index contributed by atoms with van der Waals surface area (Å²) in [5.41, 5.74) is -1.33. The maximum Gasteiger partial charge on any atom is 0.205 e. The third kappa shape index (κ3) is 2.33. The third-order valence-corrected chi connectivity index (χ3v) is 3.62. The van der Waals surface area contributed by atoms with Crippen molar-refractivity contribution in [1.82, 2.24) is 0 Å². The molecule has 1 heterocycles. The van der Waals surface area contributed by atoms with Crippen molar-refractivity contribution in [2.75, 3.05) is 6.61 Å². The van der Waals surface area contributed by atoms with Gasteiger partial charge in [0.2, 0.25) is 5.78 Å². The van der Waals surface area contributed by atoms with E-state index in [-0.39, 0.29) is 35.8 Å². The number of phenolic OH excluding ortho intramolecular Hbond substituents is 3. The Balaban J connectivity index is 1.95. The van der Waals surface area contributed by atoms with E-state index in [2.05, 4.69) is 0 Å². The van der Waals surface area contributed by atoms with Gasteiger partial charge in [-0.2, -0.15) is 0 Å². The van der Waals surface area contributed by atoms with Gasteiger partial charge in [-0.15, -0.1) is 0 Å². The van der Waals surface area contributed by atoms with Crippen LogP contribution in [0.4, 0.5) is 0 Å². The summed E-state index contributed by atoms with van der Waals surface area (Å²) in [5.74, 6) is -1.21. The first-order chi connectivity index (χ1) is 10.4. The Hall–Kier alpha value is -2.73. The number of ketones is 1. The fourth-order valence-electron chi connectivity index (χ4n) is 2.51. The Morgan fingerprint density at radius 1 is 1.05 bits per heavy atom. The molecule has 114 valence electrons. The largest absolute Gasteiger partial charge is 0.508 e. The number of fused-ring (bicyclic) bond motifs is 1. The molecule has 1 aliphatic heterocycles. The molecule has 6 heteroatoms. The lowest BCUT2D eigenvalue weighted by Gasteiger charge is -2.32. The number of hydrogen-bond acceptors (Lipinski definition) is 6. The molecule has 22 heavy (non-hydrogen) atoms. The van der Waals surface area contributed by atoms with E-state index < -0.39 is 17.1 Å². The highest BCUT2D eigenvalue weighted by Crippen LogP contribution is 2.39. The zero-order valence-corrected chi connectivity index (χ0v) is 11.5. The van der Waals surface area contributed by atoms with Crippen molar-refractivity contribution in [3.8, 4) is 23.0 Å². The minimum absolute atomic E-state index is 0.0220. The SMILES string of the molecule is O=C1c2c(O)cc(O)cc2OC[C@]1(O)Cc1ccc(O)cc1. The molecule has 2 aromatic rings. The van der Waals surface area contributed by atoms with Crippen LogP contribution in [0.15, 0.2) is 36.4 Å². The van der Waals surface area contributed by atoms with E-state index in [9.17, 15) is 25.2 Å². The van der Waals surface area contributed by atoms with Crippen LogP contribution in [-0.2, 0) is 6.42 Å². The van der Waals surface area contributed by atoms with E-state index in [4.69, 9.17) is 4.74 Å². The highest BCUT2D eigenvalue weighted by molar-refractivity contribution is 6.08. The molecule has 0 saturated heterocycles. The number of phenols is 3. The van der Waals surface area contributed by atoms with Crippen LogP contribution in [0.3, 0.4) is 0 Å².